The number of hydrogen-bond donors (Lipinski definition) is 0. The Balaban J connectivity index is 3.21. The first kappa shape index (κ1) is 16.9. The van der Waals surface area contributed by atoms with Gasteiger partial charge in [0.1, 0.15) is 0 Å². The summed E-state index contributed by atoms with van der Waals surface area (Å²) in [6, 6.07) is 0. The first-order valence-corrected chi connectivity index (χ1v) is 7.22. The molecule has 0 aliphatic carbocycles. The van der Waals surface area contributed by atoms with Crippen LogP contribution in [0, 0.1) is 0 Å². The van der Waals surface area contributed by atoms with Crippen molar-refractivity contribution in [1.82, 2.24) is 0 Å². The molecule has 0 amide bonds. The largest absolute Gasteiger partial charge is 0.466 e. The van der Waals surface area contributed by atoms with Crippen molar-refractivity contribution in [3.05, 3.63) is 24.3 Å². The standard InChI is InChI=1S/C16H28O2/c1-3-4-5-6-7-8-9-10-11-12-13-14-15-18-16(2)17/h10-13H,3-9,14-15H2,1-2H3/b11-10-,13-12+. The molecule has 0 saturated heterocycles. The second-order valence-corrected chi connectivity index (χ2v) is 4.54. The van der Waals surface area contributed by atoms with Crippen LogP contribution in [0.15, 0.2) is 24.3 Å². The van der Waals surface area contributed by atoms with Crippen molar-refractivity contribution in [2.45, 2.75) is 65.2 Å². The number of ether oxygens (including phenoxy) is 1. The van der Waals surface area contributed by atoms with Crippen LogP contribution in [-0.4, -0.2) is 12.6 Å². The number of allylic oxidation sites excluding steroid dienone is 3. The minimum atomic E-state index is -0.206. The quantitative estimate of drug-likeness (QED) is 0.300. The average Bonchev–Trinajstić information content (AvgIpc) is 2.34. The van der Waals surface area contributed by atoms with Crippen LogP contribution < -0.4 is 0 Å². The number of hydrogen-bond acceptors (Lipinski definition) is 2. The Hall–Kier alpha value is -1.05. The second kappa shape index (κ2) is 14.0. The molecule has 104 valence electrons. The predicted molar refractivity (Wildman–Crippen MR) is 77.5 cm³/mol. The van der Waals surface area contributed by atoms with Gasteiger partial charge in [0, 0.05) is 6.92 Å². The van der Waals surface area contributed by atoms with Crippen LogP contribution in [0.25, 0.3) is 0 Å². The lowest BCUT2D eigenvalue weighted by atomic mass is 10.1. The lowest BCUT2D eigenvalue weighted by molar-refractivity contribution is -0.140. The van der Waals surface area contributed by atoms with Gasteiger partial charge in [-0.3, -0.25) is 4.79 Å². The summed E-state index contributed by atoms with van der Waals surface area (Å²) in [4.78, 5) is 10.5. The predicted octanol–water partition coefficient (Wildman–Crippen LogP) is 4.80. The van der Waals surface area contributed by atoms with Crippen molar-refractivity contribution < 1.29 is 9.53 Å². The molecule has 0 aromatic rings. The Kier molecular flexibility index (Phi) is 13.2. The van der Waals surface area contributed by atoms with E-state index in [-0.39, 0.29) is 5.97 Å². The van der Waals surface area contributed by atoms with Gasteiger partial charge in [-0.2, -0.15) is 0 Å². The molecule has 18 heavy (non-hydrogen) atoms. The molecule has 2 heteroatoms. The maximum absolute atomic E-state index is 10.5. The summed E-state index contributed by atoms with van der Waals surface area (Å²) in [6.45, 7) is 4.16. The zero-order valence-corrected chi connectivity index (χ0v) is 12.0. The minimum absolute atomic E-state index is 0.206. The van der Waals surface area contributed by atoms with Gasteiger partial charge in [-0.05, 0) is 19.3 Å². The Morgan fingerprint density at radius 1 is 0.944 bits per heavy atom. The molecule has 0 bridgehead atoms. The molecule has 0 radical (unpaired) electrons. The molecule has 0 aromatic carbocycles. The third-order valence-electron chi connectivity index (χ3n) is 2.70. The van der Waals surface area contributed by atoms with Gasteiger partial charge in [0.25, 0.3) is 0 Å². The highest BCUT2D eigenvalue weighted by Gasteiger charge is 1.88. The van der Waals surface area contributed by atoms with Gasteiger partial charge in [-0.1, -0.05) is 63.3 Å². The van der Waals surface area contributed by atoms with Crippen molar-refractivity contribution in [1.29, 1.82) is 0 Å². The van der Waals surface area contributed by atoms with Gasteiger partial charge in [0.2, 0.25) is 0 Å². The number of carbonyl (C=O) groups is 1. The number of esters is 1. The molecule has 0 rings (SSSR count). The number of rotatable bonds is 11. The van der Waals surface area contributed by atoms with Gasteiger partial charge in [-0.15, -0.1) is 0 Å². The van der Waals surface area contributed by atoms with E-state index in [0.29, 0.717) is 6.61 Å². The smallest absolute Gasteiger partial charge is 0.302 e. The van der Waals surface area contributed by atoms with E-state index in [4.69, 9.17) is 4.74 Å². The van der Waals surface area contributed by atoms with Crippen LogP contribution in [0.2, 0.25) is 0 Å². The monoisotopic (exact) mass is 252 g/mol. The highest BCUT2D eigenvalue weighted by molar-refractivity contribution is 5.65. The highest BCUT2D eigenvalue weighted by atomic mass is 16.5. The molecule has 0 atom stereocenters. The number of carbonyl (C=O) groups excluding carboxylic acids is 1. The molecule has 0 N–H and O–H groups in total. The first-order chi connectivity index (χ1) is 8.77. The van der Waals surface area contributed by atoms with Gasteiger partial charge < -0.3 is 4.74 Å². The molecule has 2 nitrogen and oxygen atoms in total. The van der Waals surface area contributed by atoms with Crippen molar-refractivity contribution in [2.75, 3.05) is 6.61 Å². The summed E-state index contributed by atoms with van der Waals surface area (Å²) >= 11 is 0. The summed E-state index contributed by atoms with van der Waals surface area (Å²) in [7, 11) is 0. The van der Waals surface area contributed by atoms with Gasteiger partial charge >= 0.3 is 5.97 Å². The molecule has 0 unspecified atom stereocenters. The maximum atomic E-state index is 10.5. The molecule has 0 heterocycles. The second-order valence-electron chi connectivity index (χ2n) is 4.54. The summed E-state index contributed by atoms with van der Waals surface area (Å²) in [5, 5.41) is 0. The van der Waals surface area contributed by atoms with Gasteiger partial charge in [0.15, 0.2) is 0 Å². The lowest BCUT2D eigenvalue weighted by Crippen LogP contribution is -1.98. The molecular formula is C16H28O2. The SMILES string of the molecule is CCCCCCCC/C=C\C=C\CCOC(C)=O. The maximum Gasteiger partial charge on any atom is 0.302 e. The first-order valence-electron chi connectivity index (χ1n) is 7.22. The van der Waals surface area contributed by atoms with E-state index < -0.39 is 0 Å². The molecule has 0 aliphatic heterocycles. The molecular weight excluding hydrogens is 224 g/mol. The van der Waals surface area contributed by atoms with Crippen molar-refractivity contribution in [3.63, 3.8) is 0 Å². The van der Waals surface area contributed by atoms with Gasteiger partial charge in [0.05, 0.1) is 6.61 Å². The Bertz CT molecular complexity index is 241. The van der Waals surface area contributed by atoms with E-state index in [1.54, 1.807) is 0 Å². The van der Waals surface area contributed by atoms with Crippen LogP contribution in [0.3, 0.4) is 0 Å². The minimum Gasteiger partial charge on any atom is -0.466 e. The summed E-state index contributed by atoms with van der Waals surface area (Å²) in [5.74, 6) is -0.206. The van der Waals surface area contributed by atoms with E-state index in [9.17, 15) is 4.79 Å². The van der Waals surface area contributed by atoms with Crippen LogP contribution in [0.4, 0.5) is 0 Å². The molecule has 0 spiro atoms. The Morgan fingerprint density at radius 2 is 1.56 bits per heavy atom. The topological polar surface area (TPSA) is 26.3 Å². The molecule has 0 fully saturated rings. The fourth-order valence-corrected chi connectivity index (χ4v) is 1.66. The Morgan fingerprint density at radius 3 is 2.22 bits per heavy atom. The zero-order chi connectivity index (χ0) is 13.5. The average molecular weight is 252 g/mol. The van der Waals surface area contributed by atoms with E-state index in [1.807, 2.05) is 12.2 Å². The molecule has 0 aliphatic rings. The fourth-order valence-electron chi connectivity index (χ4n) is 1.66. The van der Waals surface area contributed by atoms with Gasteiger partial charge in [-0.25, -0.2) is 0 Å². The zero-order valence-electron chi connectivity index (χ0n) is 12.0. The van der Waals surface area contributed by atoms with E-state index in [2.05, 4.69) is 19.1 Å². The van der Waals surface area contributed by atoms with E-state index >= 15 is 0 Å². The van der Waals surface area contributed by atoms with Crippen LogP contribution in [0.5, 0.6) is 0 Å². The normalized spacial score (nSPS) is 11.4. The lowest BCUT2D eigenvalue weighted by Gasteiger charge is -1.97. The van der Waals surface area contributed by atoms with Crippen molar-refractivity contribution in [2.24, 2.45) is 0 Å². The third kappa shape index (κ3) is 14.9. The number of unbranched alkanes of at least 4 members (excludes halogenated alkanes) is 6. The van der Waals surface area contributed by atoms with Crippen LogP contribution >= 0.6 is 0 Å². The molecule has 0 aromatic heterocycles. The van der Waals surface area contributed by atoms with Crippen molar-refractivity contribution in [3.8, 4) is 0 Å². The summed E-state index contributed by atoms with van der Waals surface area (Å²) < 4.78 is 4.82. The summed E-state index contributed by atoms with van der Waals surface area (Å²) in [6.07, 6.45) is 18.4. The molecule has 0 saturated carbocycles. The highest BCUT2D eigenvalue weighted by Crippen LogP contribution is 2.07. The fraction of sp³-hybridized carbons (Fsp3) is 0.688. The van der Waals surface area contributed by atoms with Crippen LogP contribution in [-0.2, 0) is 9.53 Å². The third-order valence-corrected chi connectivity index (χ3v) is 2.70. The Labute approximate surface area is 112 Å². The van der Waals surface area contributed by atoms with E-state index in [0.717, 1.165) is 6.42 Å². The van der Waals surface area contributed by atoms with Crippen molar-refractivity contribution >= 4 is 5.97 Å². The summed E-state index contributed by atoms with van der Waals surface area (Å²) in [5.41, 5.74) is 0. The van der Waals surface area contributed by atoms with Crippen LogP contribution in [0.1, 0.15) is 65.2 Å². The van der Waals surface area contributed by atoms with E-state index in [1.165, 1.54) is 51.9 Å².